The molecular weight excluding hydrogens is 424 g/mol. The van der Waals surface area contributed by atoms with Crippen molar-refractivity contribution in [3.63, 3.8) is 0 Å². The first-order chi connectivity index (χ1) is 16.0. The molecule has 9 nitrogen and oxygen atoms in total. The summed E-state index contributed by atoms with van der Waals surface area (Å²) in [4.78, 5) is 39.4. The number of hydrogen-bond acceptors (Lipinski definition) is 6. The predicted octanol–water partition coefficient (Wildman–Crippen LogP) is 1.37. The second-order valence-corrected chi connectivity index (χ2v) is 7.80. The van der Waals surface area contributed by atoms with E-state index in [1.165, 1.54) is 6.08 Å². The highest BCUT2D eigenvalue weighted by molar-refractivity contribution is 5.88. The number of nitrogens with zero attached hydrogens (tertiary/aromatic N) is 1. The van der Waals surface area contributed by atoms with E-state index in [0.29, 0.717) is 45.7 Å². The second kappa shape index (κ2) is 15.0. The fourth-order valence-corrected chi connectivity index (χ4v) is 3.46. The number of esters is 1. The van der Waals surface area contributed by atoms with Gasteiger partial charge in [0, 0.05) is 31.6 Å². The predicted molar refractivity (Wildman–Crippen MR) is 125 cm³/mol. The number of carbonyl (C=O) groups excluding carboxylic acids is 3. The quantitative estimate of drug-likeness (QED) is 0.246. The standard InChI is InChI=1S/C24H36N4O5/c1-2-33-22(29)12-11-20(10-6-7-13-25)26-23(30)21(18-19-8-4-3-5-9-19)27-24(31)28-14-16-32-17-15-28/h3-5,8-9,11-12,20-21H,2,6-7,10,13-18,25H2,1H3,(H,26,30)(H,27,31)/t20?,21-/m0/s1. The number of urea groups is 1. The molecule has 1 aliphatic heterocycles. The molecule has 1 aromatic rings. The van der Waals surface area contributed by atoms with E-state index in [2.05, 4.69) is 10.6 Å². The molecule has 0 saturated carbocycles. The van der Waals surface area contributed by atoms with E-state index in [9.17, 15) is 14.4 Å². The van der Waals surface area contributed by atoms with Crippen LogP contribution in [0.15, 0.2) is 42.5 Å². The van der Waals surface area contributed by atoms with E-state index in [1.807, 2.05) is 30.3 Å². The molecule has 0 aliphatic carbocycles. The number of hydrogen-bond donors (Lipinski definition) is 3. The van der Waals surface area contributed by atoms with Crippen LogP contribution in [-0.4, -0.2) is 74.3 Å². The highest BCUT2D eigenvalue weighted by atomic mass is 16.5. The first kappa shape index (κ1) is 26.3. The zero-order valence-corrected chi connectivity index (χ0v) is 19.3. The third-order valence-corrected chi connectivity index (χ3v) is 5.24. The molecule has 1 aliphatic rings. The molecule has 1 heterocycles. The Labute approximate surface area is 195 Å². The van der Waals surface area contributed by atoms with Crippen molar-refractivity contribution in [1.29, 1.82) is 0 Å². The summed E-state index contributed by atoms with van der Waals surface area (Å²) in [7, 11) is 0. The highest BCUT2D eigenvalue weighted by Crippen LogP contribution is 2.08. The molecule has 1 aromatic carbocycles. The number of unbranched alkanes of at least 4 members (excludes halogenated alkanes) is 1. The molecule has 2 rings (SSSR count). The summed E-state index contributed by atoms with van der Waals surface area (Å²) in [5.74, 6) is -0.774. The lowest BCUT2D eigenvalue weighted by molar-refractivity contribution is -0.137. The Morgan fingerprint density at radius 2 is 1.88 bits per heavy atom. The van der Waals surface area contributed by atoms with Crippen LogP contribution < -0.4 is 16.4 Å². The Kier molecular flexibility index (Phi) is 12.0. The van der Waals surface area contributed by atoms with Gasteiger partial charge in [0.2, 0.25) is 5.91 Å². The lowest BCUT2D eigenvalue weighted by atomic mass is 10.0. The summed E-state index contributed by atoms with van der Waals surface area (Å²) in [5, 5.41) is 5.85. The molecule has 182 valence electrons. The Balaban J connectivity index is 2.10. The lowest BCUT2D eigenvalue weighted by Crippen LogP contribution is -2.55. The van der Waals surface area contributed by atoms with Crippen molar-refractivity contribution < 1.29 is 23.9 Å². The summed E-state index contributed by atoms with van der Waals surface area (Å²) in [5.41, 5.74) is 6.53. The Bertz CT molecular complexity index is 765. The number of benzene rings is 1. The average molecular weight is 461 g/mol. The van der Waals surface area contributed by atoms with Gasteiger partial charge in [-0.15, -0.1) is 0 Å². The second-order valence-electron chi connectivity index (χ2n) is 7.80. The molecule has 1 fully saturated rings. The van der Waals surface area contributed by atoms with Gasteiger partial charge < -0.3 is 30.7 Å². The van der Waals surface area contributed by atoms with Crippen molar-refractivity contribution in [1.82, 2.24) is 15.5 Å². The summed E-state index contributed by atoms with van der Waals surface area (Å²) < 4.78 is 10.2. The smallest absolute Gasteiger partial charge is 0.330 e. The van der Waals surface area contributed by atoms with Crippen molar-refractivity contribution in [2.75, 3.05) is 39.5 Å². The largest absolute Gasteiger partial charge is 0.463 e. The Morgan fingerprint density at radius 1 is 1.15 bits per heavy atom. The van der Waals surface area contributed by atoms with Gasteiger partial charge in [0.15, 0.2) is 0 Å². The fraction of sp³-hybridized carbons (Fsp3) is 0.542. The number of nitrogens with one attached hydrogen (secondary N) is 2. The molecule has 0 aromatic heterocycles. The summed E-state index contributed by atoms with van der Waals surface area (Å²) in [6.45, 7) is 4.48. The third kappa shape index (κ3) is 10.0. The van der Waals surface area contributed by atoms with Crippen LogP contribution in [0.2, 0.25) is 0 Å². The van der Waals surface area contributed by atoms with Gasteiger partial charge in [-0.2, -0.15) is 0 Å². The average Bonchev–Trinajstić information content (AvgIpc) is 2.83. The summed E-state index contributed by atoms with van der Waals surface area (Å²) in [6.07, 6.45) is 5.53. The van der Waals surface area contributed by atoms with Gasteiger partial charge in [0.05, 0.1) is 19.8 Å². The van der Waals surface area contributed by atoms with Gasteiger partial charge in [-0.3, -0.25) is 4.79 Å². The molecule has 0 spiro atoms. The van der Waals surface area contributed by atoms with E-state index >= 15 is 0 Å². The van der Waals surface area contributed by atoms with Crippen LogP contribution in [0.1, 0.15) is 31.7 Å². The normalized spacial score (nSPS) is 15.6. The molecule has 3 amide bonds. The van der Waals surface area contributed by atoms with E-state index in [0.717, 1.165) is 18.4 Å². The minimum atomic E-state index is -0.768. The van der Waals surface area contributed by atoms with Gasteiger partial charge in [-0.1, -0.05) is 36.4 Å². The van der Waals surface area contributed by atoms with E-state index in [-0.39, 0.29) is 24.6 Å². The molecule has 4 N–H and O–H groups in total. The van der Waals surface area contributed by atoms with E-state index in [4.69, 9.17) is 15.2 Å². The fourth-order valence-electron chi connectivity index (χ4n) is 3.46. The monoisotopic (exact) mass is 460 g/mol. The molecule has 0 bridgehead atoms. The number of ether oxygens (including phenoxy) is 2. The Morgan fingerprint density at radius 3 is 2.55 bits per heavy atom. The molecular formula is C24H36N4O5. The minimum absolute atomic E-state index is 0.278. The number of morpholine rings is 1. The lowest BCUT2D eigenvalue weighted by Gasteiger charge is -2.29. The maximum absolute atomic E-state index is 13.2. The molecule has 1 unspecified atom stereocenters. The topological polar surface area (TPSA) is 123 Å². The minimum Gasteiger partial charge on any atom is -0.463 e. The summed E-state index contributed by atoms with van der Waals surface area (Å²) in [6, 6.07) is 8.08. The molecule has 2 atom stereocenters. The number of rotatable bonds is 12. The highest BCUT2D eigenvalue weighted by Gasteiger charge is 2.26. The van der Waals surface area contributed by atoms with Crippen LogP contribution in [0.25, 0.3) is 0 Å². The first-order valence-corrected chi connectivity index (χ1v) is 11.6. The van der Waals surface area contributed by atoms with Gasteiger partial charge in [0.25, 0.3) is 0 Å². The van der Waals surface area contributed by atoms with Crippen LogP contribution in [0.3, 0.4) is 0 Å². The number of amides is 3. The molecule has 9 heteroatoms. The third-order valence-electron chi connectivity index (χ3n) is 5.24. The van der Waals surface area contributed by atoms with Crippen LogP contribution >= 0.6 is 0 Å². The molecule has 0 radical (unpaired) electrons. The maximum atomic E-state index is 13.2. The van der Waals surface area contributed by atoms with Crippen LogP contribution in [0.5, 0.6) is 0 Å². The summed E-state index contributed by atoms with van der Waals surface area (Å²) >= 11 is 0. The van der Waals surface area contributed by atoms with Crippen molar-refractivity contribution in [3.8, 4) is 0 Å². The van der Waals surface area contributed by atoms with Crippen molar-refractivity contribution in [3.05, 3.63) is 48.0 Å². The van der Waals surface area contributed by atoms with Gasteiger partial charge >= 0.3 is 12.0 Å². The van der Waals surface area contributed by atoms with Crippen molar-refractivity contribution in [2.24, 2.45) is 5.73 Å². The molecule has 33 heavy (non-hydrogen) atoms. The van der Waals surface area contributed by atoms with Crippen LogP contribution in [-0.2, 0) is 25.5 Å². The SMILES string of the molecule is CCOC(=O)C=CC(CCCCN)NC(=O)[C@H](Cc1ccccc1)NC(=O)N1CCOCC1. The van der Waals surface area contributed by atoms with Crippen LogP contribution in [0.4, 0.5) is 4.79 Å². The number of nitrogens with two attached hydrogens (primary N) is 1. The van der Waals surface area contributed by atoms with Crippen molar-refractivity contribution in [2.45, 2.75) is 44.7 Å². The zero-order chi connectivity index (χ0) is 23.9. The maximum Gasteiger partial charge on any atom is 0.330 e. The van der Waals surface area contributed by atoms with Crippen molar-refractivity contribution >= 4 is 17.9 Å². The van der Waals surface area contributed by atoms with Crippen LogP contribution in [0, 0.1) is 0 Å². The molecule has 1 saturated heterocycles. The van der Waals surface area contributed by atoms with E-state index < -0.39 is 12.0 Å². The van der Waals surface area contributed by atoms with Gasteiger partial charge in [-0.05, 0) is 38.3 Å². The Hall–Kier alpha value is -2.91. The van der Waals surface area contributed by atoms with E-state index in [1.54, 1.807) is 17.9 Å². The zero-order valence-electron chi connectivity index (χ0n) is 19.3. The first-order valence-electron chi connectivity index (χ1n) is 11.6. The van der Waals surface area contributed by atoms with Gasteiger partial charge in [0.1, 0.15) is 6.04 Å². The van der Waals surface area contributed by atoms with Gasteiger partial charge in [-0.25, -0.2) is 9.59 Å². The number of carbonyl (C=O) groups is 3.